The molecule has 41 heteroatoms. The van der Waals surface area contributed by atoms with Gasteiger partial charge in [0.25, 0.3) is 0 Å². The molecular formula is C99H88ClF9N28O3. The Hall–Kier alpha value is -16.3. The maximum atomic E-state index is 15.0. The largest absolute Gasteiger partial charge is 0.492 e. The first-order valence-electron chi connectivity index (χ1n) is 43.7. The number of para-hydroxylation sites is 5. The third-order valence-electron chi connectivity index (χ3n) is 22.0. The molecule has 20 aromatic rings. The molecule has 12 aromatic heterocycles. The van der Waals surface area contributed by atoms with Gasteiger partial charge in [0.2, 0.25) is 11.6 Å². The van der Waals surface area contributed by atoms with Crippen LogP contribution in [-0.4, -0.2) is 223 Å². The Morgan fingerprint density at radius 2 is 0.650 bits per heavy atom. The second-order valence-corrected chi connectivity index (χ2v) is 33.5. The molecule has 8 N–H and O–H groups in total. The van der Waals surface area contributed by atoms with Crippen LogP contribution in [0.15, 0.2) is 225 Å². The average molecular weight is 1920 g/mol. The predicted octanol–water partition coefficient (Wildman–Crippen LogP) is 20.6. The minimum absolute atomic E-state index is 0.114. The summed E-state index contributed by atoms with van der Waals surface area (Å²) in [6.07, 6.45) is 4.95. The van der Waals surface area contributed by atoms with Crippen LogP contribution in [0.5, 0.6) is 17.2 Å². The number of hydrogen-bond donors (Lipinski definition) is 8. The lowest BCUT2D eigenvalue weighted by atomic mass is 10.0. The van der Waals surface area contributed by atoms with E-state index in [-0.39, 0.29) is 28.7 Å². The van der Waals surface area contributed by atoms with Crippen LogP contribution in [0.25, 0.3) is 132 Å². The summed E-state index contributed by atoms with van der Waals surface area (Å²) < 4.78 is 140. The molecule has 0 saturated heterocycles. The van der Waals surface area contributed by atoms with Gasteiger partial charge >= 0.3 is 12.4 Å². The van der Waals surface area contributed by atoms with Crippen LogP contribution in [0.3, 0.4) is 0 Å². The zero-order valence-corrected chi connectivity index (χ0v) is 77.2. The first kappa shape index (κ1) is 95.4. The number of aromatic nitrogens is 20. The molecule has 8 aromatic carbocycles. The highest BCUT2D eigenvalue weighted by Gasteiger charge is 2.37. The quantitative estimate of drug-likeness (QED) is 0.0175. The van der Waals surface area contributed by atoms with Gasteiger partial charge in [-0.1, -0.05) is 72.3 Å². The standard InChI is InChI=1S/C25H21ClF3N7O.C25H21F4N7O.C25H24FN7O.C24H22FN7/c2*1-36(2)10-11-37-14-6-7-20(19(26)12-14)31-22-16-8-9-30-13-18(16)15-4-3-5-17(21(15)32-22)23-33-24(35-34-23)25(27,28)29;1-15-28-25(32-31-15)19-6-4-5-17-20-14-27-10-9-18(20)24(30-23(17)19)29-22-8-7-16(13-21(22)26)34-12-11-33(2)3;1-32(2)13-11-21-28-24(31-30-21)17-7-5-6-15-18-14-26-12-10-16(18)23(29-22(15)17)27-20-9-4-3-8-19(20)25/h2*3-9,12-13H,10-11H2,1-2H3,(H,31,32)(H,33,34,35);4-10,13-14H,11-12H2,1-3H3,(H,29,30)(H,28,31,32);3-10,12,14H,11,13H2,1-2H3,(H,27,29)(H,28,30,31). The Balaban J connectivity index is 0.000000129. The zero-order valence-electron chi connectivity index (χ0n) is 76.5. The smallest absolute Gasteiger partial charge is 0.451 e. The molecule has 712 valence electrons. The third kappa shape index (κ3) is 21.9. The molecule has 0 aliphatic carbocycles. The summed E-state index contributed by atoms with van der Waals surface area (Å²) in [4.78, 5) is 60.7. The number of likely N-dealkylation sites (N-methyl/N-ethyl adjacent to an activating group) is 4. The highest BCUT2D eigenvalue weighted by molar-refractivity contribution is 6.33. The van der Waals surface area contributed by atoms with E-state index in [0.717, 1.165) is 91.6 Å². The third-order valence-corrected chi connectivity index (χ3v) is 22.3. The van der Waals surface area contributed by atoms with Gasteiger partial charge in [-0.15, -0.1) is 0 Å². The van der Waals surface area contributed by atoms with E-state index in [1.807, 2.05) is 143 Å². The van der Waals surface area contributed by atoms with Gasteiger partial charge in [0, 0.05) is 187 Å². The average Bonchev–Trinajstić information content (AvgIpc) is 1.74. The number of rotatable bonds is 27. The molecule has 0 bridgehead atoms. The van der Waals surface area contributed by atoms with Crippen molar-refractivity contribution in [3.8, 4) is 62.8 Å². The fourth-order valence-electron chi connectivity index (χ4n) is 15.1. The summed E-state index contributed by atoms with van der Waals surface area (Å²) in [5.41, 5.74) is 5.78. The number of aryl methyl sites for hydroxylation is 1. The lowest BCUT2D eigenvalue weighted by Crippen LogP contribution is -2.19. The molecule has 0 aliphatic rings. The van der Waals surface area contributed by atoms with E-state index in [4.69, 9.17) is 40.8 Å². The monoisotopic (exact) mass is 1920 g/mol. The molecule has 0 saturated carbocycles. The summed E-state index contributed by atoms with van der Waals surface area (Å²) in [6.45, 7) is 6.30. The molecule has 140 heavy (non-hydrogen) atoms. The van der Waals surface area contributed by atoms with Crippen LogP contribution >= 0.6 is 11.6 Å². The number of nitrogens with one attached hydrogen (secondary N) is 8. The Kier molecular flexibility index (Phi) is 28.4. The van der Waals surface area contributed by atoms with Crippen molar-refractivity contribution in [2.45, 2.75) is 25.7 Å². The fourth-order valence-corrected chi connectivity index (χ4v) is 15.3. The highest BCUT2D eigenvalue weighted by Crippen LogP contribution is 2.43. The summed E-state index contributed by atoms with van der Waals surface area (Å²) >= 11 is 6.54. The maximum absolute atomic E-state index is 15.0. The molecule has 0 unspecified atom stereocenters. The van der Waals surface area contributed by atoms with Crippen molar-refractivity contribution >= 4 is 144 Å². The minimum Gasteiger partial charge on any atom is -0.492 e. The number of ether oxygens (including phenoxy) is 3. The van der Waals surface area contributed by atoms with Crippen molar-refractivity contribution in [2.24, 2.45) is 0 Å². The lowest BCUT2D eigenvalue weighted by Gasteiger charge is -2.15. The molecule has 0 radical (unpaired) electrons. The Morgan fingerprint density at radius 3 is 0.986 bits per heavy atom. The second-order valence-electron chi connectivity index (χ2n) is 33.1. The van der Waals surface area contributed by atoms with Crippen molar-refractivity contribution < 1.29 is 53.7 Å². The number of anilines is 8. The zero-order chi connectivity index (χ0) is 98.0. The Labute approximate surface area is 797 Å². The van der Waals surface area contributed by atoms with E-state index >= 15 is 0 Å². The van der Waals surface area contributed by atoms with E-state index in [9.17, 15) is 39.5 Å². The van der Waals surface area contributed by atoms with Crippen LogP contribution in [-0.2, 0) is 18.8 Å². The number of fused-ring (bicyclic) bond motifs is 12. The molecule has 20 rings (SSSR count). The van der Waals surface area contributed by atoms with Gasteiger partial charge in [0.15, 0.2) is 23.3 Å². The minimum atomic E-state index is -4.67. The van der Waals surface area contributed by atoms with Crippen molar-refractivity contribution in [2.75, 3.05) is 124 Å². The second kappa shape index (κ2) is 41.7. The maximum Gasteiger partial charge on any atom is 0.451 e. The van der Waals surface area contributed by atoms with Gasteiger partial charge in [-0.2, -0.15) is 46.7 Å². The first-order valence-corrected chi connectivity index (χ1v) is 44.0. The van der Waals surface area contributed by atoms with E-state index in [1.54, 1.807) is 147 Å². The number of halogens is 10. The molecule has 0 spiro atoms. The summed E-state index contributed by atoms with van der Waals surface area (Å²) in [6, 6.07) is 50.3. The van der Waals surface area contributed by atoms with E-state index in [2.05, 4.69) is 102 Å². The van der Waals surface area contributed by atoms with Gasteiger partial charge in [0.05, 0.1) is 49.8 Å². The molecule has 12 heterocycles. The van der Waals surface area contributed by atoms with Crippen molar-refractivity contribution in [1.82, 2.24) is 120 Å². The summed E-state index contributed by atoms with van der Waals surface area (Å²) in [5, 5.41) is 48.6. The van der Waals surface area contributed by atoms with Crippen molar-refractivity contribution in [1.29, 1.82) is 0 Å². The van der Waals surface area contributed by atoms with Crippen LogP contribution in [0.1, 0.15) is 23.3 Å². The molecular weight excluding hydrogens is 1840 g/mol. The fraction of sp³-hybridized carbons (Fsp3) is 0.192. The van der Waals surface area contributed by atoms with E-state index < -0.39 is 35.6 Å². The van der Waals surface area contributed by atoms with Gasteiger partial charge in [-0.25, -0.2) is 53.0 Å². The molecule has 0 atom stereocenters. The molecule has 31 nitrogen and oxygen atoms in total. The number of H-pyrrole nitrogens is 4. The number of benzene rings is 8. The SMILES string of the molecule is CN(C)CCOc1ccc(Nc2nc3c(-c4n[nH]c(C(F)(F)F)n4)cccc3c3cnccc23)c(Cl)c1.CN(C)CCOc1ccc(Nc2nc3c(-c4n[nH]c(C(F)(F)F)n4)cccc3c3cnccc23)c(F)c1.CN(C)CCc1nc(-c2cccc3c2nc(Nc2ccccc2F)c2ccncc23)n[nH]1.Cc1nc(-c2cccc3c2nc(Nc2ccc(OCCN(C)C)cc2F)c2ccncc23)n[nH]1. The number of hydrogen-bond acceptors (Lipinski definition) is 27. The van der Waals surface area contributed by atoms with Crippen LogP contribution in [0.2, 0.25) is 5.02 Å². The predicted molar refractivity (Wildman–Crippen MR) is 523 cm³/mol. The van der Waals surface area contributed by atoms with Crippen molar-refractivity contribution in [3.63, 3.8) is 0 Å². The molecule has 0 fully saturated rings. The summed E-state index contributed by atoms with van der Waals surface area (Å²) in [7, 11) is 15.7. The van der Waals surface area contributed by atoms with Crippen LogP contribution < -0.4 is 35.5 Å². The number of pyridine rings is 8. The topological polar surface area (TPSA) is 358 Å². The number of nitrogens with zero attached hydrogens (tertiary/aromatic N) is 20. The van der Waals surface area contributed by atoms with E-state index in [0.29, 0.717) is 150 Å². The number of alkyl halides is 6. The van der Waals surface area contributed by atoms with Gasteiger partial charge < -0.3 is 55.1 Å². The normalized spacial score (nSPS) is 11.7. The van der Waals surface area contributed by atoms with Gasteiger partial charge in [-0.3, -0.25) is 40.3 Å². The summed E-state index contributed by atoms with van der Waals surface area (Å²) in [5.74, 6) is 1.98. The molecule has 0 aliphatic heterocycles. The number of aromatic amines is 4. The Bertz CT molecular complexity index is 7660. The first-order chi connectivity index (χ1) is 67.5. The van der Waals surface area contributed by atoms with Crippen LogP contribution in [0, 0.1) is 24.4 Å². The van der Waals surface area contributed by atoms with Gasteiger partial charge in [0.1, 0.15) is 89.4 Å². The van der Waals surface area contributed by atoms with Crippen molar-refractivity contribution in [3.05, 3.63) is 271 Å². The van der Waals surface area contributed by atoms with Gasteiger partial charge in [-0.05, 0) is 160 Å². The Morgan fingerprint density at radius 1 is 0.321 bits per heavy atom. The highest BCUT2D eigenvalue weighted by atomic mass is 35.5. The van der Waals surface area contributed by atoms with Crippen LogP contribution in [0.4, 0.5) is 85.5 Å². The molecule has 0 amide bonds. The van der Waals surface area contributed by atoms with E-state index in [1.165, 1.54) is 24.3 Å². The lowest BCUT2D eigenvalue weighted by molar-refractivity contribution is -0.145.